The lowest BCUT2D eigenvalue weighted by Crippen LogP contribution is -2.36. The fourth-order valence-corrected chi connectivity index (χ4v) is 4.20. The first kappa shape index (κ1) is 20.3. The van der Waals surface area contributed by atoms with Crippen molar-refractivity contribution in [1.82, 2.24) is 30.6 Å². The maximum absolute atomic E-state index is 12.0. The van der Waals surface area contributed by atoms with Crippen LogP contribution < -0.4 is 10.6 Å². The number of nitrogens with one attached hydrogen (secondary N) is 4. The minimum atomic E-state index is -0.105. The zero-order valence-electron chi connectivity index (χ0n) is 16.0. The molecule has 0 aliphatic rings. The molecule has 2 heterocycles. The quantitative estimate of drug-likeness (QED) is 0.235. The fraction of sp³-hybridized carbons (Fsp3) is 0.200. The monoisotopic (exact) mass is 440 g/mol. The molecule has 0 bridgehead atoms. The molecule has 4 rings (SSSR count). The van der Waals surface area contributed by atoms with Gasteiger partial charge in [0.1, 0.15) is 0 Å². The Bertz CT molecular complexity index is 1010. The van der Waals surface area contributed by atoms with E-state index in [0.717, 1.165) is 22.1 Å². The third kappa shape index (κ3) is 5.33. The summed E-state index contributed by atoms with van der Waals surface area (Å²) in [4.78, 5) is 39.1. The Labute approximate surface area is 181 Å². The van der Waals surface area contributed by atoms with E-state index in [9.17, 15) is 9.59 Å². The largest absolute Gasteiger partial charge is 0.354 e. The van der Waals surface area contributed by atoms with Gasteiger partial charge in [-0.2, -0.15) is 0 Å². The second-order valence-electron chi connectivity index (χ2n) is 6.40. The summed E-state index contributed by atoms with van der Waals surface area (Å²) in [5.41, 5.74) is 3.65. The topological polar surface area (TPSA) is 116 Å². The number of para-hydroxylation sites is 4. The summed E-state index contributed by atoms with van der Waals surface area (Å²) in [5, 5.41) is 7.01. The first-order chi connectivity index (χ1) is 14.7. The number of aromatic amines is 2. The summed E-state index contributed by atoms with van der Waals surface area (Å²) >= 11 is 2.69. The van der Waals surface area contributed by atoms with Gasteiger partial charge in [0.05, 0.1) is 33.6 Å². The molecule has 0 fully saturated rings. The zero-order valence-corrected chi connectivity index (χ0v) is 17.6. The van der Waals surface area contributed by atoms with Gasteiger partial charge < -0.3 is 20.6 Å². The Morgan fingerprint density at radius 1 is 0.733 bits per heavy atom. The van der Waals surface area contributed by atoms with Crippen molar-refractivity contribution in [2.75, 3.05) is 24.6 Å². The Balaban J connectivity index is 1.11. The number of benzene rings is 2. The van der Waals surface area contributed by atoms with E-state index in [4.69, 9.17) is 0 Å². The number of carbonyl (C=O) groups excluding carboxylic acids is 2. The molecule has 0 saturated carbocycles. The lowest BCUT2D eigenvalue weighted by molar-refractivity contribution is -0.120. The molecular formula is C20H20N6O2S2. The summed E-state index contributed by atoms with van der Waals surface area (Å²) in [6, 6.07) is 15.5. The van der Waals surface area contributed by atoms with Gasteiger partial charge in [-0.15, -0.1) is 0 Å². The highest BCUT2D eigenvalue weighted by Crippen LogP contribution is 2.19. The highest BCUT2D eigenvalue weighted by Gasteiger charge is 2.08. The van der Waals surface area contributed by atoms with Gasteiger partial charge in [-0.05, 0) is 24.3 Å². The van der Waals surface area contributed by atoms with Crippen LogP contribution in [0.1, 0.15) is 0 Å². The number of thioether (sulfide) groups is 2. The van der Waals surface area contributed by atoms with Crippen LogP contribution in [-0.2, 0) is 9.59 Å². The number of aromatic nitrogens is 4. The molecule has 30 heavy (non-hydrogen) atoms. The average Bonchev–Trinajstić information content (AvgIpc) is 3.37. The van der Waals surface area contributed by atoms with Crippen LogP contribution in [0.2, 0.25) is 0 Å². The van der Waals surface area contributed by atoms with Crippen molar-refractivity contribution >= 4 is 57.4 Å². The molecule has 0 atom stereocenters. The number of nitrogens with zero attached hydrogens (tertiary/aromatic N) is 2. The van der Waals surface area contributed by atoms with Gasteiger partial charge in [0.25, 0.3) is 0 Å². The van der Waals surface area contributed by atoms with E-state index >= 15 is 0 Å². The van der Waals surface area contributed by atoms with Gasteiger partial charge in [-0.3, -0.25) is 9.59 Å². The predicted molar refractivity (Wildman–Crippen MR) is 120 cm³/mol. The van der Waals surface area contributed by atoms with Gasteiger partial charge >= 0.3 is 0 Å². The number of amides is 2. The number of H-pyrrole nitrogens is 2. The van der Waals surface area contributed by atoms with Crippen LogP contribution in [-0.4, -0.2) is 56.3 Å². The zero-order chi connectivity index (χ0) is 20.8. The molecule has 8 nitrogen and oxygen atoms in total. The van der Waals surface area contributed by atoms with Gasteiger partial charge in [0.15, 0.2) is 10.3 Å². The maximum atomic E-state index is 12.0. The van der Waals surface area contributed by atoms with E-state index in [1.54, 1.807) is 0 Å². The van der Waals surface area contributed by atoms with Crippen LogP contribution in [0, 0.1) is 0 Å². The van der Waals surface area contributed by atoms with Crippen LogP contribution >= 0.6 is 23.5 Å². The first-order valence-electron chi connectivity index (χ1n) is 9.36. The van der Waals surface area contributed by atoms with Crippen molar-refractivity contribution < 1.29 is 9.59 Å². The van der Waals surface area contributed by atoms with E-state index in [1.807, 2.05) is 48.5 Å². The summed E-state index contributed by atoms with van der Waals surface area (Å²) in [6.07, 6.45) is 0. The molecular weight excluding hydrogens is 420 g/mol. The number of imidazole rings is 2. The standard InChI is InChI=1S/C20H20N6O2S2/c27-17(11-29-19-23-13-5-1-2-6-14(13)24-19)21-9-10-22-18(28)12-30-20-25-15-7-3-4-8-16(15)26-20/h1-8H,9-12H2,(H,21,27)(H,22,28)(H,23,24)(H,25,26). The molecule has 0 aliphatic heterocycles. The molecule has 2 amide bonds. The van der Waals surface area contributed by atoms with Gasteiger partial charge in [0.2, 0.25) is 11.8 Å². The third-order valence-electron chi connectivity index (χ3n) is 4.18. The fourth-order valence-electron chi connectivity index (χ4n) is 2.77. The minimum absolute atomic E-state index is 0.105. The predicted octanol–water partition coefficient (Wildman–Crippen LogP) is 2.56. The average molecular weight is 441 g/mol. The van der Waals surface area contributed by atoms with Crippen LogP contribution in [0.25, 0.3) is 22.1 Å². The molecule has 0 aliphatic carbocycles. The van der Waals surface area contributed by atoms with Crippen molar-refractivity contribution in [3.8, 4) is 0 Å². The molecule has 4 aromatic rings. The van der Waals surface area contributed by atoms with Gasteiger partial charge in [0, 0.05) is 13.1 Å². The summed E-state index contributed by atoms with van der Waals surface area (Å²) in [5.74, 6) is 0.309. The van der Waals surface area contributed by atoms with Crippen molar-refractivity contribution in [2.24, 2.45) is 0 Å². The van der Waals surface area contributed by atoms with Crippen molar-refractivity contribution in [1.29, 1.82) is 0 Å². The number of carbonyl (C=O) groups is 2. The van der Waals surface area contributed by atoms with Crippen molar-refractivity contribution in [2.45, 2.75) is 10.3 Å². The van der Waals surface area contributed by atoms with Crippen LogP contribution in [0.4, 0.5) is 0 Å². The van der Waals surface area contributed by atoms with E-state index < -0.39 is 0 Å². The highest BCUT2D eigenvalue weighted by molar-refractivity contribution is 8.00. The summed E-state index contributed by atoms with van der Waals surface area (Å²) in [6.45, 7) is 0.751. The molecule has 154 valence electrons. The van der Waals surface area contributed by atoms with Gasteiger partial charge in [-0.25, -0.2) is 9.97 Å². The minimum Gasteiger partial charge on any atom is -0.354 e. The maximum Gasteiger partial charge on any atom is 0.230 e. The Morgan fingerprint density at radius 2 is 1.17 bits per heavy atom. The molecule has 0 radical (unpaired) electrons. The van der Waals surface area contributed by atoms with E-state index in [-0.39, 0.29) is 23.3 Å². The van der Waals surface area contributed by atoms with Crippen LogP contribution in [0.5, 0.6) is 0 Å². The van der Waals surface area contributed by atoms with Crippen molar-refractivity contribution in [3.05, 3.63) is 48.5 Å². The third-order valence-corrected chi connectivity index (χ3v) is 5.93. The first-order valence-corrected chi connectivity index (χ1v) is 11.3. The van der Waals surface area contributed by atoms with E-state index in [2.05, 4.69) is 30.6 Å². The van der Waals surface area contributed by atoms with Crippen LogP contribution in [0.15, 0.2) is 58.8 Å². The lowest BCUT2D eigenvalue weighted by Gasteiger charge is -2.06. The molecule has 10 heteroatoms. The molecule has 2 aromatic heterocycles. The summed E-state index contributed by atoms with van der Waals surface area (Å²) in [7, 11) is 0. The van der Waals surface area contributed by atoms with E-state index in [1.165, 1.54) is 23.5 Å². The molecule has 0 unspecified atom stereocenters. The lowest BCUT2D eigenvalue weighted by atomic mass is 10.3. The molecule has 4 N–H and O–H groups in total. The molecule has 0 spiro atoms. The van der Waals surface area contributed by atoms with Crippen LogP contribution in [0.3, 0.4) is 0 Å². The number of rotatable bonds is 9. The number of fused-ring (bicyclic) bond motifs is 2. The number of hydrogen-bond acceptors (Lipinski definition) is 6. The normalized spacial score (nSPS) is 11.1. The smallest absolute Gasteiger partial charge is 0.230 e. The number of hydrogen-bond donors (Lipinski definition) is 4. The van der Waals surface area contributed by atoms with Gasteiger partial charge in [-0.1, -0.05) is 47.8 Å². The molecule has 0 saturated heterocycles. The second kappa shape index (κ2) is 9.68. The van der Waals surface area contributed by atoms with Crippen molar-refractivity contribution in [3.63, 3.8) is 0 Å². The highest BCUT2D eigenvalue weighted by atomic mass is 32.2. The SMILES string of the molecule is O=C(CSc1nc2ccccc2[nH]1)NCCNC(=O)CSc1nc2ccccc2[nH]1. The Hall–Kier alpha value is -2.98. The summed E-state index contributed by atoms with van der Waals surface area (Å²) < 4.78 is 0. The molecule has 2 aromatic carbocycles. The Morgan fingerprint density at radius 3 is 1.60 bits per heavy atom. The van der Waals surface area contributed by atoms with E-state index in [0.29, 0.717) is 23.4 Å². The Kier molecular flexibility index (Phi) is 6.55. The second-order valence-corrected chi connectivity index (χ2v) is 8.32.